The highest BCUT2D eigenvalue weighted by atomic mass is 16.4. The van der Waals surface area contributed by atoms with Crippen molar-refractivity contribution in [3.63, 3.8) is 0 Å². The lowest BCUT2D eigenvalue weighted by molar-refractivity contribution is 0.0649. The van der Waals surface area contributed by atoms with Crippen LogP contribution in [0.5, 0.6) is 0 Å². The maximum absolute atomic E-state index is 11.6. The van der Waals surface area contributed by atoms with E-state index in [-0.39, 0.29) is 22.0 Å². The molecule has 0 unspecified atom stereocenters. The molecule has 0 saturated heterocycles. The molecule has 0 aliphatic carbocycles. The van der Waals surface area contributed by atoms with Crippen molar-refractivity contribution in [1.29, 1.82) is 0 Å². The first-order chi connectivity index (χ1) is 9.34. The molecule has 0 aliphatic heterocycles. The highest BCUT2D eigenvalue weighted by Gasteiger charge is 2.29. The monoisotopic (exact) mass is 292 g/mol. The minimum absolute atomic E-state index is 0.0788. The van der Waals surface area contributed by atoms with Gasteiger partial charge in [0.05, 0.1) is 11.1 Å². The lowest BCUT2D eigenvalue weighted by atomic mass is 9.75. The largest absolute Gasteiger partial charge is 0.478 e. The Morgan fingerprint density at radius 1 is 0.952 bits per heavy atom. The van der Waals surface area contributed by atoms with E-state index in [1.807, 2.05) is 41.5 Å². The lowest BCUT2D eigenvalue weighted by Gasteiger charge is -2.28. The van der Waals surface area contributed by atoms with Gasteiger partial charge in [-0.3, -0.25) is 0 Å². The summed E-state index contributed by atoms with van der Waals surface area (Å²) in [5.41, 5.74) is 0.908. The fourth-order valence-corrected chi connectivity index (χ4v) is 2.49. The smallest absolute Gasteiger partial charge is 0.336 e. The van der Waals surface area contributed by atoms with Crippen molar-refractivity contribution in [3.05, 3.63) is 34.4 Å². The van der Waals surface area contributed by atoms with Gasteiger partial charge in [0.15, 0.2) is 0 Å². The average molecular weight is 292 g/mol. The van der Waals surface area contributed by atoms with Crippen molar-refractivity contribution < 1.29 is 19.8 Å². The molecule has 21 heavy (non-hydrogen) atoms. The van der Waals surface area contributed by atoms with Gasteiger partial charge in [0.1, 0.15) is 0 Å². The second-order valence-electron chi connectivity index (χ2n) is 7.61. The van der Waals surface area contributed by atoms with E-state index in [4.69, 9.17) is 0 Å². The highest BCUT2D eigenvalue weighted by Crippen LogP contribution is 2.34. The van der Waals surface area contributed by atoms with Gasteiger partial charge in [-0.15, -0.1) is 0 Å². The van der Waals surface area contributed by atoms with E-state index in [1.54, 1.807) is 6.07 Å². The van der Waals surface area contributed by atoms with E-state index in [1.165, 1.54) is 6.07 Å². The molecule has 4 nitrogen and oxygen atoms in total. The maximum atomic E-state index is 11.6. The number of carboxylic acids is 2. The summed E-state index contributed by atoms with van der Waals surface area (Å²) >= 11 is 0. The molecule has 1 rings (SSSR count). The molecular formula is C17H24O4. The second-order valence-corrected chi connectivity index (χ2v) is 7.61. The summed E-state index contributed by atoms with van der Waals surface area (Å²) in [6.45, 7) is 12.0. The van der Waals surface area contributed by atoms with Crippen LogP contribution in [-0.4, -0.2) is 22.2 Å². The number of carbonyl (C=O) groups is 2. The average Bonchev–Trinajstić information content (AvgIpc) is 2.23. The minimum Gasteiger partial charge on any atom is -0.478 e. The molecule has 0 spiro atoms. The zero-order chi connectivity index (χ0) is 16.6. The Kier molecular flexibility index (Phi) is 4.51. The summed E-state index contributed by atoms with van der Waals surface area (Å²) in [4.78, 5) is 23.0. The third-order valence-corrected chi connectivity index (χ3v) is 3.27. The Labute approximate surface area is 125 Å². The van der Waals surface area contributed by atoms with Crippen molar-refractivity contribution in [3.8, 4) is 0 Å². The summed E-state index contributed by atoms with van der Waals surface area (Å²) in [6, 6.07) is 3.15. The Bertz CT molecular complexity index is 572. The molecule has 0 atom stereocenters. The Hall–Kier alpha value is -1.84. The van der Waals surface area contributed by atoms with E-state index in [0.717, 1.165) is 5.56 Å². The van der Waals surface area contributed by atoms with Crippen molar-refractivity contribution in [2.24, 2.45) is 5.41 Å². The predicted octanol–water partition coefficient (Wildman–Crippen LogP) is 3.97. The summed E-state index contributed by atoms with van der Waals surface area (Å²) in [5, 5.41) is 18.8. The number of rotatable bonds is 3. The Morgan fingerprint density at radius 2 is 1.48 bits per heavy atom. The molecule has 1 aromatic carbocycles. The fraction of sp³-hybridized carbons (Fsp3) is 0.529. The molecule has 0 bridgehead atoms. The van der Waals surface area contributed by atoms with Gasteiger partial charge in [-0.1, -0.05) is 47.6 Å². The van der Waals surface area contributed by atoms with Gasteiger partial charge >= 0.3 is 11.9 Å². The Morgan fingerprint density at radius 3 is 1.81 bits per heavy atom. The minimum atomic E-state index is -1.21. The molecule has 0 fully saturated rings. The highest BCUT2D eigenvalue weighted by molar-refractivity contribution is 6.03. The summed E-state index contributed by atoms with van der Waals surface area (Å²) in [5.74, 6) is -2.39. The molecule has 0 saturated carbocycles. The first kappa shape index (κ1) is 17.2. The van der Waals surface area contributed by atoms with Crippen LogP contribution >= 0.6 is 0 Å². The van der Waals surface area contributed by atoms with Crippen LogP contribution in [0.3, 0.4) is 0 Å². The van der Waals surface area contributed by atoms with Gasteiger partial charge in [-0.05, 0) is 34.4 Å². The topological polar surface area (TPSA) is 74.6 Å². The van der Waals surface area contributed by atoms with Gasteiger partial charge in [-0.2, -0.15) is 0 Å². The third-order valence-electron chi connectivity index (χ3n) is 3.27. The second kappa shape index (κ2) is 5.51. The van der Waals surface area contributed by atoms with E-state index in [9.17, 15) is 19.8 Å². The Balaban J connectivity index is 3.75. The van der Waals surface area contributed by atoms with Gasteiger partial charge in [-0.25, -0.2) is 9.59 Å². The molecule has 0 aromatic heterocycles. The SMILES string of the molecule is CC(C)(C)Cc1c(C(C)(C)C)ccc(C(=O)O)c1C(=O)O. The van der Waals surface area contributed by atoms with Crippen LogP contribution in [0.15, 0.2) is 12.1 Å². The molecule has 116 valence electrons. The zero-order valence-electron chi connectivity index (χ0n) is 13.6. The van der Waals surface area contributed by atoms with Gasteiger partial charge < -0.3 is 10.2 Å². The molecule has 2 N–H and O–H groups in total. The van der Waals surface area contributed by atoms with Crippen LogP contribution in [0.1, 0.15) is 73.4 Å². The van der Waals surface area contributed by atoms with E-state index < -0.39 is 11.9 Å². The van der Waals surface area contributed by atoms with E-state index in [0.29, 0.717) is 12.0 Å². The zero-order valence-corrected chi connectivity index (χ0v) is 13.6. The molecular weight excluding hydrogens is 268 g/mol. The van der Waals surface area contributed by atoms with Gasteiger partial charge in [0, 0.05) is 0 Å². The summed E-state index contributed by atoms with van der Waals surface area (Å²) in [7, 11) is 0. The van der Waals surface area contributed by atoms with Crippen molar-refractivity contribution in [2.45, 2.75) is 53.4 Å². The fourth-order valence-electron chi connectivity index (χ4n) is 2.49. The van der Waals surface area contributed by atoms with E-state index in [2.05, 4.69) is 0 Å². The van der Waals surface area contributed by atoms with Crippen molar-refractivity contribution in [1.82, 2.24) is 0 Å². The summed E-state index contributed by atoms with van der Waals surface area (Å²) < 4.78 is 0. The molecule has 0 amide bonds. The maximum Gasteiger partial charge on any atom is 0.336 e. The molecule has 4 heteroatoms. The van der Waals surface area contributed by atoms with E-state index >= 15 is 0 Å². The standard InChI is InChI=1S/C17H24O4/c1-16(2,3)9-11-12(17(4,5)6)8-7-10(14(18)19)13(11)15(20)21/h7-8H,9H2,1-6H3,(H,18,19)(H,20,21). The molecule has 0 radical (unpaired) electrons. The van der Waals surface area contributed by atoms with Gasteiger partial charge in [0.25, 0.3) is 0 Å². The number of aromatic carboxylic acids is 2. The lowest BCUT2D eigenvalue weighted by Crippen LogP contribution is -2.23. The predicted molar refractivity (Wildman–Crippen MR) is 82.2 cm³/mol. The quantitative estimate of drug-likeness (QED) is 0.884. The van der Waals surface area contributed by atoms with Crippen molar-refractivity contribution >= 4 is 11.9 Å². The van der Waals surface area contributed by atoms with Crippen LogP contribution in [0, 0.1) is 5.41 Å². The molecule has 0 aliphatic rings. The van der Waals surface area contributed by atoms with Crippen LogP contribution < -0.4 is 0 Å². The van der Waals surface area contributed by atoms with Gasteiger partial charge in [0.2, 0.25) is 0 Å². The summed E-state index contributed by atoms with van der Waals surface area (Å²) in [6.07, 6.45) is 0.516. The number of benzene rings is 1. The van der Waals surface area contributed by atoms with Crippen LogP contribution in [0.4, 0.5) is 0 Å². The third kappa shape index (κ3) is 4.06. The number of carboxylic acid groups (broad SMARTS) is 2. The normalized spacial score (nSPS) is 12.3. The first-order valence-corrected chi connectivity index (χ1v) is 6.97. The molecule has 0 heterocycles. The van der Waals surface area contributed by atoms with Crippen LogP contribution in [0.2, 0.25) is 0 Å². The number of hydrogen-bond acceptors (Lipinski definition) is 2. The van der Waals surface area contributed by atoms with Crippen LogP contribution in [-0.2, 0) is 11.8 Å². The first-order valence-electron chi connectivity index (χ1n) is 6.97. The number of hydrogen-bond donors (Lipinski definition) is 2. The van der Waals surface area contributed by atoms with Crippen molar-refractivity contribution in [2.75, 3.05) is 0 Å². The molecule has 1 aromatic rings. The van der Waals surface area contributed by atoms with Crippen LogP contribution in [0.25, 0.3) is 0 Å².